The number of rotatable bonds is 7. The molecule has 0 saturated carbocycles. The maximum atomic E-state index is 11.2. The van der Waals surface area contributed by atoms with Crippen LogP contribution in [0.15, 0.2) is 0 Å². The topological polar surface area (TPSA) is 78.4 Å². The Bertz CT molecular complexity index is 271. The Morgan fingerprint density at radius 2 is 2.12 bits per heavy atom. The number of urea groups is 1. The minimum absolute atomic E-state index is 0.361. The van der Waals surface area contributed by atoms with Crippen molar-refractivity contribution < 1.29 is 14.7 Å². The molecule has 0 aliphatic carbocycles. The molecule has 16 heavy (non-hydrogen) atoms. The monoisotopic (exact) mass is 226 g/mol. The van der Waals surface area contributed by atoms with Gasteiger partial charge in [-0.25, -0.2) is 9.59 Å². The predicted molar refractivity (Wildman–Crippen MR) is 60.9 cm³/mol. The largest absolute Gasteiger partial charge is 0.480 e. The molecule has 3 N–H and O–H groups in total. The van der Waals surface area contributed by atoms with Crippen LogP contribution in [-0.2, 0) is 4.79 Å². The molecule has 0 aliphatic heterocycles. The van der Waals surface area contributed by atoms with E-state index in [4.69, 9.17) is 11.5 Å². The van der Waals surface area contributed by atoms with Crippen molar-refractivity contribution in [2.75, 3.05) is 6.54 Å². The van der Waals surface area contributed by atoms with Gasteiger partial charge in [-0.3, -0.25) is 0 Å². The van der Waals surface area contributed by atoms with Gasteiger partial charge in [0.25, 0.3) is 0 Å². The smallest absolute Gasteiger partial charge is 0.326 e. The van der Waals surface area contributed by atoms with Crippen molar-refractivity contribution in [1.29, 1.82) is 0 Å². The maximum Gasteiger partial charge on any atom is 0.326 e. The fourth-order valence-corrected chi connectivity index (χ4v) is 1.10. The van der Waals surface area contributed by atoms with E-state index in [0.717, 1.165) is 12.8 Å². The summed E-state index contributed by atoms with van der Waals surface area (Å²) < 4.78 is 0. The zero-order valence-corrected chi connectivity index (χ0v) is 9.45. The molecule has 90 valence electrons. The lowest BCUT2D eigenvalue weighted by atomic mass is 10.2. The second-order valence-electron chi connectivity index (χ2n) is 3.36. The van der Waals surface area contributed by atoms with Crippen molar-refractivity contribution in [3.63, 3.8) is 0 Å². The van der Waals surface area contributed by atoms with Gasteiger partial charge in [0.2, 0.25) is 0 Å². The van der Waals surface area contributed by atoms with Crippen LogP contribution < -0.4 is 10.6 Å². The number of unbranched alkanes of at least 4 members (excludes halogenated alkanes) is 2. The summed E-state index contributed by atoms with van der Waals surface area (Å²) in [4.78, 5) is 21.8. The quantitative estimate of drug-likeness (QED) is 0.447. The second kappa shape index (κ2) is 8.60. The molecule has 5 heteroatoms. The third-order valence-electron chi connectivity index (χ3n) is 2.05. The van der Waals surface area contributed by atoms with Crippen molar-refractivity contribution in [1.82, 2.24) is 10.6 Å². The predicted octanol–water partition coefficient (Wildman–Crippen LogP) is 0.952. The lowest BCUT2D eigenvalue weighted by Gasteiger charge is -2.12. The first-order chi connectivity index (χ1) is 7.61. The molecule has 0 saturated heterocycles. The van der Waals surface area contributed by atoms with Gasteiger partial charge in [0, 0.05) is 13.0 Å². The van der Waals surface area contributed by atoms with Crippen LogP contribution in [0.4, 0.5) is 4.79 Å². The van der Waals surface area contributed by atoms with Crippen molar-refractivity contribution in [2.24, 2.45) is 0 Å². The Kier molecular flexibility index (Phi) is 7.68. The van der Waals surface area contributed by atoms with Gasteiger partial charge in [0.15, 0.2) is 0 Å². The average molecular weight is 226 g/mol. The molecule has 0 heterocycles. The van der Waals surface area contributed by atoms with Crippen LogP contribution in [0.25, 0.3) is 0 Å². The molecule has 0 fully saturated rings. The molecule has 0 bridgehead atoms. The zero-order chi connectivity index (χ0) is 12.4. The van der Waals surface area contributed by atoms with E-state index < -0.39 is 18.0 Å². The van der Waals surface area contributed by atoms with E-state index in [0.29, 0.717) is 19.4 Å². The summed E-state index contributed by atoms with van der Waals surface area (Å²) in [6.07, 6.45) is 7.77. The number of nitrogens with one attached hydrogen (secondary N) is 2. The maximum absolute atomic E-state index is 11.2. The van der Waals surface area contributed by atoms with Crippen LogP contribution in [-0.4, -0.2) is 29.7 Å². The number of carbonyl (C=O) groups is 2. The summed E-state index contributed by atoms with van der Waals surface area (Å²) in [6, 6.07) is -1.28. The zero-order valence-electron chi connectivity index (χ0n) is 9.45. The molecule has 5 nitrogen and oxygen atoms in total. The summed E-state index contributed by atoms with van der Waals surface area (Å²) in [6.45, 7) is 2.20. The average Bonchev–Trinajstić information content (AvgIpc) is 2.25. The van der Waals surface area contributed by atoms with Crippen LogP contribution in [0, 0.1) is 12.3 Å². The molecular formula is C11H18N2O3. The Labute approximate surface area is 95.6 Å². The standard InChI is InChI=1S/C11H18N2O3/c1-3-5-6-7-8-12-11(16)13-9(4-2)10(14)15/h1,9H,4-8H2,2H3,(H,14,15)(H2,12,13,16)/t9-/m0/s1. The van der Waals surface area contributed by atoms with Crippen molar-refractivity contribution in [3.05, 3.63) is 0 Å². The molecule has 1 atom stereocenters. The first kappa shape index (κ1) is 14.3. The number of carbonyl (C=O) groups excluding carboxylic acids is 1. The molecular weight excluding hydrogens is 208 g/mol. The van der Waals surface area contributed by atoms with Crippen LogP contribution in [0.2, 0.25) is 0 Å². The van der Waals surface area contributed by atoms with Gasteiger partial charge < -0.3 is 15.7 Å². The molecule has 0 aromatic carbocycles. The fourth-order valence-electron chi connectivity index (χ4n) is 1.10. The summed E-state index contributed by atoms with van der Waals surface area (Å²) in [7, 11) is 0. The lowest BCUT2D eigenvalue weighted by Crippen LogP contribution is -2.45. The number of hydrogen-bond donors (Lipinski definition) is 3. The summed E-state index contributed by atoms with van der Waals surface area (Å²) >= 11 is 0. The SMILES string of the molecule is C#CCCCCNC(=O)N[C@@H](CC)C(=O)O. The van der Waals surface area contributed by atoms with E-state index in [9.17, 15) is 9.59 Å². The molecule has 0 aliphatic rings. The van der Waals surface area contributed by atoms with Crippen molar-refractivity contribution in [3.8, 4) is 12.3 Å². The van der Waals surface area contributed by atoms with Gasteiger partial charge in [-0.1, -0.05) is 6.92 Å². The third-order valence-corrected chi connectivity index (χ3v) is 2.05. The van der Waals surface area contributed by atoms with Gasteiger partial charge in [-0.2, -0.15) is 0 Å². The van der Waals surface area contributed by atoms with Gasteiger partial charge in [-0.05, 0) is 19.3 Å². The van der Waals surface area contributed by atoms with E-state index in [1.165, 1.54) is 0 Å². The first-order valence-corrected chi connectivity index (χ1v) is 5.32. The van der Waals surface area contributed by atoms with Gasteiger partial charge in [0.05, 0.1) is 0 Å². The molecule has 0 rings (SSSR count). The minimum Gasteiger partial charge on any atom is -0.480 e. The summed E-state index contributed by atoms with van der Waals surface area (Å²) in [5.74, 6) is 1.48. The molecule has 0 unspecified atom stereocenters. The molecule has 0 radical (unpaired) electrons. The second-order valence-corrected chi connectivity index (χ2v) is 3.36. The number of carboxylic acid groups (broad SMARTS) is 1. The Morgan fingerprint density at radius 1 is 1.44 bits per heavy atom. The van der Waals surface area contributed by atoms with Gasteiger partial charge >= 0.3 is 12.0 Å². The number of terminal acetylenes is 1. The highest BCUT2D eigenvalue weighted by Crippen LogP contribution is 1.92. The first-order valence-electron chi connectivity index (χ1n) is 5.32. The van der Waals surface area contributed by atoms with E-state index in [-0.39, 0.29) is 0 Å². The van der Waals surface area contributed by atoms with Crippen LogP contribution in [0.3, 0.4) is 0 Å². The lowest BCUT2D eigenvalue weighted by molar-refractivity contribution is -0.139. The Balaban J connectivity index is 3.65. The normalized spacial score (nSPS) is 11.2. The van der Waals surface area contributed by atoms with Gasteiger partial charge in [0.1, 0.15) is 6.04 Å². The van der Waals surface area contributed by atoms with Crippen molar-refractivity contribution in [2.45, 2.75) is 38.6 Å². The van der Waals surface area contributed by atoms with Crippen LogP contribution in [0.5, 0.6) is 0 Å². The Morgan fingerprint density at radius 3 is 2.62 bits per heavy atom. The number of hydrogen-bond acceptors (Lipinski definition) is 2. The summed E-state index contributed by atoms with van der Waals surface area (Å²) in [5, 5.41) is 13.6. The number of aliphatic carboxylic acids is 1. The number of amides is 2. The molecule has 2 amide bonds. The van der Waals surface area contributed by atoms with Gasteiger partial charge in [-0.15, -0.1) is 12.3 Å². The minimum atomic E-state index is -1.02. The Hall–Kier alpha value is -1.70. The van der Waals surface area contributed by atoms with E-state index in [2.05, 4.69) is 16.6 Å². The number of carboxylic acids is 1. The fraction of sp³-hybridized carbons (Fsp3) is 0.636. The third kappa shape index (κ3) is 6.71. The molecule has 0 aromatic heterocycles. The van der Waals surface area contributed by atoms with Crippen LogP contribution in [0.1, 0.15) is 32.6 Å². The van der Waals surface area contributed by atoms with Crippen LogP contribution >= 0.6 is 0 Å². The molecule has 0 spiro atoms. The van der Waals surface area contributed by atoms with E-state index in [1.807, 2.05) is 0 Å². The highest BCUT2D eigenvalue weighted by Gasteiger charge is 2.16. The van der Waals surface area contributed by atoms with Crippen molar-refractivity contribution >= 4 is 12.0 Å². The van der Waals surface area contributed by atoms with E-state index in [1.54, 1.807) is 6.92 Å². The highest BCUT2D eigenvalue weighted by atomic mass is 16.4. The summed E-state index contributed by atoms with van der Waals surface area (Å²) in [5.41, 5.74) is 0. The highest BCUT2D eigenvalue weighted by molar-refractivity contribution is 5.82. The molecule has 0 aromatic rings. The van der Waals surface area contributed by atoms with E-state index >= 15 is 0 Å².